The molecule has 0 aromatic heterocycles. The first kappa shape index (κ1) is 17.0. The van der Waals surface area contributed by atoms with E-state index >= 15 is 0 Å². The van der Waals surface area contributed by atoms with Crippen molar-refractivity contribution in [3.8, 4) is 0 Å². The highest BCUT2D eigenvalue weighted by Crippen LogP contribution is 2.63. The van der Waals surface area contributed by atoms with Gasteiger partial charge in [0, 0.05) is 18.3 Å². The number of ether oxygens (including phenoxy) is 2. The van der Waals surface area contributed by atoms with Crippen LogP contribution in [0.15, 0.2) is 0 Å². The highest BCUT2D eigenvalue weighted by Gasteiger charge is 2.75. The summed E-state index contributed by atoms with van der Waals surface area (Å²) in [6, 6.07) is 0. The van der Waals surface area contributed by atoms with E-state index in [1.165, 1.54) is 6.92 Å². The van der Waals surface area contributed by atoms with Crippen LogP contribution in [-0.4, -0.2) is 29.6 Å². The van der Waals surface area contributed by atoms with Crippen molar-refractivity contribution in [2.24, 2.45) is 29.4 Å². The Balaban J connectivity index is 1.84. The minimum absolute atomic E-state index is 0.0193. The largest absolute Gasteiger partial charge is 0.431 e. The quantitative estimate of drug-likeness (QED) is 0.680. The number of hydrogen-bond acceptors (Lipinski definition) is 5. The molecule has 2 bridgehead atoms. The van der Waals surface area contributed by atoms with Gasteiger partial charge in [-0.05, 0) is 38.0 Å². The van der Waals surface area contributed by atoms with Gasteiger partial charge in [-0.25, -0.2) is 9.78 Å². The molecule has 1 spiro atoms. The van der Waals surface area contributed by atoms with E-state index in [-0.39, 0.29) is 5.92 Å². The lowest BCUT2D eigenvalue weighted by molar-refractivity contribution is -0.583. The molecule has 4 saturated heterocycles. The second-order valence-corrected chi connectivity index (χ2v) is 8.11. The lowest BCUT2D eigenvalue weighted by atomic mass is 9.56. The van der Waals surface area contributed by atoms with Gasteiger partial charge in [0.05, 0.1) is 0 Å². The van der Waals surface area contributed by atoms with Crippen molar-refractivity contribution in [3.63, 3.8) is 0 Å². The summed E-state index contributed by atoms with van der Waals surface area (Å²) < 4.78 is 52.4. The van der Waals surface area contributed by atoms with E-state index in [0.29, 0.717) is 18.8 Å². The molecule has 8 atom stereocenters. The molecule has 0 aromatic rings. The van der Waals surface area contributed by atoms with E-state index in [2.05, 4.69) is 6.92 Å². The molecule has 0 amide bonds. The molecule has 24 heavy (non-hydrogen) atoms. The van der Waals surface area contributed by atoms with Gasteiger partial charge in [-0.1, -0.05) is 13.8 Å². The Bertz CT molecular complexity index is 546. The van der Waals surface area contributed by atoms with Gasteiger partial charge in [0.2, 0.25) is 11.5 Å². The summed E-state index contributed by atoms with van der Waals surface area (Å²) in [6.07, 6.45) is -3.14. The minimum atomic E-state index is -4.69. The van der Waals surface area contributed by atoms with Crippen molar-refractivity contribution < 1.29 is 32.4 Å². The zero-order valence-electron chi connectivity index (χ0n) is 14.1. The molecular weight excluding hydrogens is 327 g/mol. The van der Waals surface area contributed by atoms with Crippen molar-refractivity contribution in [1.82, 2.24) is 0 Å². The molecule has 5 aliphatic rings. The van der Waals surface area contributed by atoms with Gasteiger partial charge in [-0.2, -0.15) is 13.2 Å². The van der Waals surface area contributed by atoms with E-state index in [4.69, 9.17) is 25.0 Å². The number of rotatable bonds is 0. The molecule has 1 aliphatic carbocycles. The van der Waals surface area contributed by atoms with E-state index in [0.717, 1.165) is 12.8 Å². The topological polar surface area (TPSA) is 62.9 Å². The molecule has 138 valence electrons. The summed E-state index contributed by atoms with van der Waals surface area (Å²) in [7, 11) is 0. The van der Waals surface area contributed by atoms with E-state index in [1.54, 1.807) is 6.92 Å². The second kappa shape index (κ2) is 4.85. The summed E-state index contributed by atoms with van der Waals surface area (Å²) in [5.41, 5.74) is 1.98. The van der Waals surface area contributed by atoms with Crippen LogP contribution in [0.25, 0.3) is 0 Å². The van der Waals surface area contributed by atoms with Crippen molar-refractivity contribution in [1.29, 1.82) is 0 Å². The average Bonchev–Trinajstić information content (AvgIpc) is 2.70. The lowest BCUT2D eigenvalue weighted by Crippen LogP contribution is -2.77. The maximum Gasteiger partial charge on any atom is 0.431 e. The zero-order valence-corrected chi connectivity index (χ0v) is 14.1. The average molecular weight is 351 g/mol. The third-order valence-electron chi connectivity index (χ3n) is 6.80. The maximum atomic E-state index is 13.7. The Morgan fingerprint density at radius 2 is 1.71 bits per heavy atom. The summed E-state index contributed by atoms with van der Waals surface area (Å²) in [6.45, 7) is 5.28. The highest BCUT2D eigenvalue weighted by atomic mass is 19.4. The molecule has 5 rings (SSSR count). The van der Waals surface area contributed by atoms with Gasteiger partial charge in [0.15, 0.2) is 11.9 Å². The fourth-order valence-corrected chi connectivity index (χ4v) is 5.29. The molecule has 5 nitrogen and oxygen atoms in total. The van der Waals surface area contributed by atoms with Crippen LogP contribution < -0.4 is 5.73 Å². The number of alkyl halides is 3. The van der Waals surface area contributed by atoms with Crippen LogP contribution in [0.5, 0.6) is 0 Å². The SMILES string of the molecule is C[C@@H]1CC[C@H]2[C@@H](C)[C@](N)(C(F)(F)F)O[C@@H]3OC4(C)CC[C@@H]1C32OO4. The van der Waals surface area contributed by atoms with Crippen LogP contribution in [0.2, 0.25) is 0 Å². The summed E-state index contributed by atoms with van der Waals surface area (Å²) in [5, 5.41) is 0. The van der Waals surface area contributed by atoms with Gasteiger partial charge >= 0.3 is 6.18 Å². The standard InChI is InChI=1S/C16H24F3NO4/c1-8-4-5-11-9(2)15(20,16(17,18)19)22-12-14(11)10(8)6-7-13(3,21-12)23-24-14/h8-12H,4-7,20H2,1-3H3/t8-,9-,10+,11+,12+,13?,14?,15-/m1/s1. The Hall–Kier alpha value is -0.410. The van der Waals surface area contributed by atoms with Gasteiger partial charge in [-0.15, -0.1) is 0 Å². The number of fused-ring (bicyclic) bond motifs is 2. The first-order valence-corrected chi connectivity index (χ1v) is 8.61. The van der Waals surface area contributed by atoms with Gasteiger partial charge in [0.1, 0.15) is 0 Å². The van der Waals surface area contributed by atoms with Crippen LogP contribution in [0.1, 0.15) is 46.5 Å². The Labute approximate surface area is 138 Å². The van der Waals surface area contributed by atoms with E-state index in [9.17, 15) is 13.2 Å². The molecule has 4 aliphatic heterocycles. The Morgan fingerprint density at radius 3 is 2.38 bits per heavy atom. The first-order chi connectivity index (χ1) is 11.0. The molecule has 8 heteroatoms. The number of halogens is 3. The normalized spacial score (nSPS) is 57.4. The minimum Gasteiger partial charge on any atom is -0.319 e. The van der Waals surface area contributed by atoms with Gasteiger partial charge in [0.25, 0.3) is 0 Å². The third-order valence-corrected chi connectivity index (χ3v) is 6.80. The zero-order chi connectivity index (χ0) is 17.5. The number of nitrogens with two attached hydrogens (primary N) is 1. The first-order valence-electron chi connectivity index (χ1n) is 8.61. The summed E-state index contributed by atoms with van der Waals surface area (Å²) in [4.78, 5) is 11.3. The van der Waals surface area contributed by atoms with Crippen LogP contribution >= 0.6 is 0 Å². The van der Waals surface area contributed by atoms with Gasteiger partial charge in [-0.3, -0.25) is 5.73 Å². The van der Waals surface area contributed by atoms with E-state index < -0.39 is 41.4 Å². The van der Waals surface area contributed by atoms with Crippen LogP contribution in [0.4, 0.5) is 13.2 Å². The molecule has 5 fully saturated rings. The Kier molecular flexibility index (Phi) is 3.44. The fraction of sp³-hybridized carbons (Fsp3) is 1.00. The predicted molar refractivity (Wildman–Crippen MR) is 76.0 cm³/mol. The molecule has 2 N–H and O–H groups in total. The van der Waals surface area contributed by atoms with Crippen LogP contribution in [-0.2, 0) is 19.2 Å². The molecule has 4 heterocycles. The van der Waals surface area contributed by atoms with Crippen molar-refractivity contribution in [2.75, 3.05) is 0 Å². The van der Waals surface area contributed by atoms with Gasteiger partial charge < -0.3 is 9.47 Å². The molecular formula is C16H24F3NO4. The van der Waals surface area contributed by atoms with Crippen molar-refractivity contribution in [2.45, 2.75) is 76.0 Å². The van der Waals surface area contributed by atoms with Crippen molar-refractivity contribution in [3.05, 3.63) is 0 Å². The molecule has 0 aromatic carbocycles. The number of hydrogen-bond donors (Lipinski definition) is 1. The summed E-state index contributed by atoms with van der Waals surface area (Å²) in [5.74, 6) is -2.19. The smallest absolute Gasteiger partial charge is 0.319 e. The molecule has 2 unspecified atom stereocenters. The van der Waals surface area contributed by atoms with Crippen LogP contribution in [0.3, 0.4) is 0 Å². The van der Waals surface area contributed by atoms with Crippen molar-refractivity contribution >= 4 is 0 Å². The predicted octanol–water partition coefficient (Wildman–Crippen LogP) is 3.09. The third kappa shape index (κ3) is 1.95. The van der Waals surface area contributed by atoms with Crippen LogP contribution in [0, 0.1) is 23.7 Å². The second-order valence-electron chi connectivity index (χ2n) is 8.11. The highest BCUT2D eigenvalue weighted by molar-refractivity contribution is 5.13. The molecule has 0 radical (unpaired) electrons. The monoisotopic (exact) mass is 351 g/mol. The fourth-order valence-electron chi connectivity index (χ4n) is 5.29. The molecule has 1 saturated carbocycles. The van der Waals surface area contributed by atoms with E-state index in [1.807, 2.05) is 0 Å². The maximum absolute atomic E-state index is 13.7. The lowest BCUT2D eigenvalue weighted by Gasteiger charge is -2.62. The Morgan fingerprint density at radius 1 is 1.00 bits per heavy atom. The summed E-state index contributed by atoms with van der Waals surface area (Å²) >= 11 is 0.